The Morgan fingerprint density at radius 1 is 1.08 bits per heavy atom. The van der Waals surface area contributed by atoms with Gasteiger partial charge in [-0.1, -0.05) is 0 Å². The van der Waals surface area contributed by atoms with Gasteiger partial charge in [0.2, 0.25) is 5.76 Å². The highest BCUT2D eigenvalue weighted by atomic mass is 16.6. The molecule has 0 aliphatic heterocycles. The zero-order valence-electron chi connectivity index (χ0n) is 8.33. The van der Waals surface area contributed by atoms with Gasteiger partial charge in [-0.3, -0.25) is 0 Å². The zero-order valence-corrected chi connectivity index (χ0v) is 8.33. The molecule has 0 aromatic heterocycles. The van der Waals surface area contributed by atoms with Crippen LogP contribution < -0.4 is 0 Å². The molecule has 0 saturated heterocycles. The number of hydrogen-bond donors (Lipinski definition) is 0. The number of carbonyl (C=O) groups excluding carboxylic acids is 1. The largest absolute Gasteiger partial charge is 0.497 e. The summed E-state index contributed by atoms with van der Waals surface area (Å²) in [5.74, 6) is -0.371. The van der Waals surface area contributed by atoms with Crippen molar-refractivity contribution in [2.75, 3.05) is 19.8 Å². The summed E-state index contributed by atoms with van der Waals surface area (Å²) in [7, 11) is 0. The number of esters is 1. The number of ether oxygens (including phenoxy) is 3. The molecule has 0 spiro atoms. The quantitative estimate of drug-likeness (QED) is 0.359. The third-order valence-electron chi connectivity index (χ3n) is 1.13. The van der Waals surface area contributed by atoms with E-state index in [1.807, 2.05) is 6.92 Å². The van der Waals surface area contributed by atoms with Gasteiger partial charge in [-0.25, -0.2) is 4.79 Å². The predicted molar refractivity (Wildman–Crippen MR) is 48.0 cm³/mol. The zero-order chi connectivity index (χ0) is 10.1. The molecule has 4 heteroatoms. The Morgan fingerprint density at radius 2 is 1.69 bits per heavy atom. The minimum Gasteiger partial charge on any atom is -0.497 e. The van der Waals surface area contributed by atoms with Crippen LogP contribution in [0.25, 0.3) is 0 Å². The Bertz CT molecular complexity index is 174. The van der Waals surface area contributed by atoms with Gasteiger partial charge in [0.1, 0.15) is 6.26 Å². The van der Waals surface area contributed by atoms with Crippen molar-refractivity contribution >= 4 is 5.97 Å². The van der Waals surface area contributed by atoms with E-state index >= 15 is 0 Å². The van der Waals surface area contributed by atoms with Gasteiger partial charge in [-0.05, 0) is 20.8 Å². The van der Waals surface area contributed by atoms with Crippen LogP contribution in [-0.4, -0.2) is 25.8 Å². The maximum atomic E-state index is 11.1. The summed E-state index contributed by atoms with van der Waals surface area (Å²) in [5, 5.41) is 0. The molecule has 0 fully saturated rings. The monoisotopic (exact) mass is 188 g/mol. The van der Waals surface area contributed by atoms with Gasteiger partial charge >= 0.3 is 5.97 Å². The lowest BCUT2D eigenvalue weighted by atomic mass is 10.5. The van der Waals surface area contributed by atoms with Crippen LogP contribution in [0.15, 0.2) is 12.0 Å². The van der Waals surface area contributed by atoms with Crippen LogP contribution in [0.3, 0.4) is 0 Å². The predicted octanol–water partition coefficient (Wildman–Crippen LogP) is 1.46. The van der Waals surface area contributed by atoms with E-state index in [9.17, 15) is 4.79 Å². The summed E-state index contributed by atoms with van der Waals surface area (Å²) in [6.45, 7) is 6.59. The van der Waals surface area contributed by atoms with Crippen molar-refractivity contribution in [3.8, 4) is 0 Å². The maximum absolute atomic E-state index is 11.1. The Morgan fingerprint density at radius 3 is 2.15 bits per heavy atom. The van der Waals surface area contributed by atoms with E-state index in [-0.39, 0.29) is 5.76 Å². The topological polar surface area (TPSA) is 44.8 Å². The normalized spacial score (nSPS) is 10.8. The lowest BCUT2D eigenvalue weighted by Crippen LogP contribution is -2.11. The molecule has 0 atom stereocenters. The molecule has 0 aromatic rings. The highest BCUT2D eigenvalue weighted by Crippen LogP contribution is 2.01. The molecule has 76 valence electrons. The van der Waals surface area contributed by atoms with Crippen LogP contribution in [0.4, 0.5) is 0 Å². The van der Waals surface area contributed by atoms with Crippen LogP contribution in [0.2, 0.25) is 0 Å². The Kier molecular flexibility index (Phi) is 6.78. The second kappa shape index (κ2) is 7.46. The molecule has 0 aliphatic carbocycles. The highest BCUT2D eigenvalue weighted by molar-refractivity contribution is 5.85. The number of carbonyl (C=O) groups is 1. The van der Waals surface area contributed by atoms with E-state index in [0.29, 0.717) is 19.8 Å². The van der Waals surface area contributed by atoms with E-state index < -0.39 is 5.97 Å². The van der Waals surface area contributed by atoms with E-state index in [4.69, 9.17) is 14.2 Å². The first-order chi connectivity index (χ1) is 6.26. The lowest BCUT2D eigenvalue weighted by Gasteiger charge is -2.06. The average molecular weight is 188 g/mol. The lowest BCUT2D eigenvalue weighted by molar-refractivity contribution is -0.142. The summed E-state index contributed by atoms with van der Waals surface area (Å²) in [6, 6.07) is 0. The molecule has 0 unspecified atom stereocenters. The summed E-state index contributed by atoms with van der Waals surface area (Å²) in [6.07, 6.45) is 1.28. The van der Waals surface area contributed by atoms with Gasteiger partial charge in [-0.2, -0.15) is 0 Å². The van der Waals surface area contributed by atoms with E-state index in [1.165, 1.54) is 6.26 Å². The fourth-order valence-corrected chi connectivity index (χ4v) is 0.658. The standard InChI is InChI=1S/C9H16O4/c1-4-11-7-8(12-5-2)9(10)13-6-3/h7H,4-6H2,1-3H3/b8-7-. The summed E-state index contributed by atoms with van der Waals surface area (Å²) in [4.78, 5) is 11.1. The average Bonchev–Trinajstić information content (AvgIpc) is 2.12. The first-order valence-electron chi connectivity index (χ1n) is 4.37. The van der Waals surface area contributed by atoms with Gasteiger partial charge in [-0.15, -0.1) is 0 Å². The Labute approximate surface area is 78.5 Å². The number of rotatable bonds is 6. The van der Waals surface area contributed by atoms with Gasteiger partial charge in [0.15, 0.2) is 0 Å². The van der Waals surface area contributed by atoms with Crippen molar-refractivity contribution < 1.29 is 19.0 Å². The Hall–Kier alpha value is -1.19. The smallest absolute Gasteiger partial charge is 0.376 e. The highest BCUT2D eigenvalue weighted by Gasteiger charge is 2.11. The second-order valence-electron chi connectivity index (χ2n) is 2.09. The van der Waals surface area contributed by atoms with Crippen molar-refractivity contribution in [2.24, 2.45) is 0 Å². The van der Waals surface area contributed by atoms with Crippen molar-refractivity contribution in [1.82, 2.24) is 0 Å². The van der Waals surface area contributed by atoms with E-state index in [2.05, 4.69) is 0 Å². The van der Waals surface area contributed by atoms with Crippen molar-refractivity contribution in [3.63, 3.8) is 0 Å². The molecule has 0 aromatic carbocycles. The fourth-order valence-electron chi connectivity index (χ4n) is 0.658. The molecule has 0 heterocycles. The van der Waals surface area contributed by atoms with E-state index in [1.54, 1.807) is 13.8 Å². The minimum absolute atomic E-state index is 0.117. The first kappa shape index (κ1) is 11.8. The molecule has 4 nitrogen and oxygen atoms in total. The molecule has 0 rings (SSSR count). The Balaban J connectivity index is 4.13. The van der Waals surface area contributed by atoms with Gasteiger partial charge in [0.05, 0.1) is 19.8 Å². The van der Waals surface area contributed by atoms with E-state index in [0.717, 1.165) is 0 Å². The van der Waals surface area contributed by atoms with Crippen LogP contribution in [0.5, 0.6) is 0 Å². The summed E-state index contributed by atoms with van der Waals surface area (Å²) >= 11 is 0. The second-order valence-corrected chi connectivity index (χ2v) is 2.09. The first-order valence-corrected chi connectivity index (χ1v) is 4.37. The fraction of sp³-hybridized carbons (Fsp3) is 0.667. The van der Waals surface area contributed by atoms with Crippen LogP contribution in [-0.2, 0) is 19.0 Å². The molecule has 0 N–H and O–H groups in total. The SMILES string of the molecule is CCO/C=C(\OCC)C(=O)OCC. The van der Waals surface area contributed by atoms with Crippen LogP contribution >= 0.6 is 0 Å². The minimum atomic E-state index is -0.488. The van der Waals surface area contributed by atoms with Crippen LogP contribution in [0, 0.1) is 0 Å². The molecule has 13 heavy (non-hydrogen) atoms. The number of hydrogen-bond acceptors (Lipinski definition) is 4. The third kappa shape index (κ3) is 5.11. The van der Waals surface area contributed by atoms with Crippen molar-refractivity contribution in [1.29, 1.82) is 0 Å². The molecule has 0 aliphatic rings. The van der Waals surface area contributed by atoms with Gasteiger partial charge < -0.3 is 14.2 Å². The van der Waals surface area contributed by atoms with Gasteiger partial charge in [0.25, 0.3) is 0 Å². The third-order valence-corrected chi connectivity index (χ3v) is 1.13. The molecular weight excluding hydrogens is 172 g/mol. The maximum Gasteiger partial charge on any atom is 0.376 e. The molecule has 0 saturated carbocycles. The molecule has 0 amide bonds. The van der Waals surface area contributed by atoms with Gasteiger partial charge in [0, 0.05) is 0 Å². The van der Waals surface area contributed by atoms with Crippen molar-refractivity contribution in [3.05, 3.63) is 12.0 Å². The molecule has 0 bridgehead atoms. The molecule has 0 radical (unpaired) electrons. The summed E-state index contributed by atoms with van der Waals surface area (Å²) in [5.41, 5.74) is 0. The summed E-state index contributed by atoms with van der Waals surface area (Å²) < 4.78 is 14.7. The van der Waals surface area contributed by atoms with Crippen molar-refractivity contribution in [2.45, 2.75) is 20.8 Å². The van der Waals surface area contributed by atoms with Crippen LogP contribution in [0.1, 0.15) is 20.8 Å². The molecular formula is C9H16O4.